The highest BCUT2D eigenvalue weighted by atomic mass is 16.6. The zero-order chi connectivity index (χ0) is 22.9. The summed E-state index contributed by atoms with van der Waals surface area (Å²) < 4.78 is 22.9. The van der Waals surface area contributed by atoms with Gasteiger partial charge in [0.15, 0.2) is 11.9 Å². The molecule has 4 aromatic rings. The number of rotatable bonds is 5. The first-order valence-corrected chi connectivity index (χ1v) is 11.1. The minimum atomic E-state index is -0.542. The molecule has 2 saturated heterocycles. The molecule has 2 aromatic heterocycles. The van der Waals surface area contributed by atoms with Crippen LogP contribution in [0.1, 0.15) is 0 Å². The number of carbonyl (C=O) groups is 1. The average Bonchev–Trinajstić information content (AvgIpc) is 3.60. The summed E-state index contributed by atoms with van der Waals surface area (Å²) in [6.07, 6.45) is 1.56. The minimum Gasteiger partial charge on any atom is -0.463 e. The quantitative estimate of drug-likeness (QED) is 0.461. The van der Waals surface area contributed by atoms with Crippen molar-refractivity contribution in [1.29, 1.82) is 0 Å². The molecule has 0 bridgehead atoms. The number of aromatic nitrogens is 2. The Morgan fingerprint density at radius 3 is 2.76 bits per heavy atom. The lowest BCUT2D eigenvalue weighted by Gasteiger charge is -2.18. The van der Waals surface area contributed by atoms with E-state index in [1.807, 2.05) is 54.6 Å². The molecule has 34 heavy (non-hydrogen) atoms. The highest BCUT2D eigenvalue weighted by molar-refractivity contribution is 6.00. The fourth-order valence-corrected chi connectivity index (χ4v) is 4.46. The van der Waals surface area contributed by atoms with Crippen molar-refractivity contribution in [3.8, 4) is 11.5 Å². The zero-order valence-electron chi connectivity index (χ0n) is 18.1. The molecule has 4 heterocycles. The Bertz CT molecular complexity index is 1310. The van der Waals surface area contributed by atoms with Crippen LogP contribution in [0.5, 0.6) is 0 Å². The van der Waals surface area contributed by atoms with E-state index >= 15 is 0 Å². The van der Waals surface area contributed by atoms with E-state index in [2.05, 4.69) is 20.6 Å². The molecule has 0 radical (unpaired) electrons. The van der Waals surface area contributed by atoms with Crippen LogP contribution in [0.2, 0.25) is 0 Å². The Hall–Kier alpha value is -3.95. The summed E-state index contributed by atoms with van der Waals surface area (Å²) in [5, 5.41) is 8.11. The molecule has 2 N–H and O–H groups in total. The van der Waals surface area contributed by atoms with Crippen LogP contribution in [0, 0.1) is 0 Å². The van der Waals surface area contributed by atoms with E-state index in [-0.39, 0.29) is 24.9 Å². The van der Waals surface area contributed by atoms with Crippen LogP contribution in [0.3, 0.4) is 0 Å². The Morgan fingerprint density at radius 1 is 0.971 bits per heavy atom. The van der Waals surface area contributed by atoms with Gasteiger partial charge in [0.05, 0.1) is 31.2 Å². The smallest absolute Gasteiger partial charge is 0.412 e. The van der Waals surface area contributed by atoms with Gasteiger partial charge < -0.3 is 23.9 Å². The Balaban J connectivity index is 1.09. The fourth-order valence-electron chi connectivity index (χ4n) is 4.46. The SMILES string of the molecule is O=C(Nc1cccc2ccccc12)O[C@@H]1CO[C@H]2[C@@H]1OC[C@@H]2Nc1nccc(-c2ccco2)n1. The number of hydrogen-bond donors (Lipinski definition) is 2. The second-order valence-corrected chi connectivity index (χ2v) is 8.18. The molecule has 172 valence electrons. The molecular weight excluding hydrogens is 436 g/mol. The Morgan fingerprint density at radius 2 is 1.85 bits per heavy atom. The van der Waals surface area contributed by atoms with Crippen LogP contribution in [-0.2, 0) is 14.2 Å². The van der Waals surface area contributed by atoms with Gasteiger partial charge in [-0.3, -0.25) is 5.32 Å². The number of amides is 1. The van der Waals surface area contributed by atoms with E-state index in [1.54, 1.807) is 18.5 Å². The number of ether oxygens (including phenoxy) is 3. The van der Waals surface area contributed by atoms with E-state index in [1.165, 1.54) is 0 Å². The van der Waals surface area contributed by atoms with Crippen LogP contribution in [0.25, 0.3) is 22.2 Å². The van der Waals surface area contributed by atoms with Crippen molar-refractivity contribution < 1.29 is 23.4 Å². The van der Waals surface area contributed by atoms with Gasteiger partial charge in [-0.25, -0.2) is 14.8 Å². The summed E-state index contributed by atoms with van der Waals surface area (Å²) in [6, 6.07) is 18.8. The third kappa shape index (κ3) is 3.95. The molecule has 0 aliphatic carbocycles. The van der Waals surface area contributed by atoms with Crippen molar-refractivity contribution in [1.82, 2.24) is 9.97 Å². The Labute approximate surface area is 195 Å². The third-order valence-electron chi connectivity index (χ3n) is 6.04. The maximum Gasteiger partial charge on any atom is 0.412 e. The van der Waals surface area contributed by atoms with Gasteiger partial charge in [-0.15, -0.1) is 0 Å². The third-order valence-corrected chi connectivity index (χ3v) is 6.04. The van der Waals surface area contributed by atoms with Crippen LogP contribution < -0.4 is 10.6 Å². The molecule has 2 aliphatic rings. The number of furan rings is 1. The summed E-state index contributed by atoms with van der Waals surface area (Å²) >= 11 is 0. The van der Waals surface area contributed by atoms with Gasteiger partial charge >= 0.3 is 6.09 Å². The largest absolute Gasteiger partial charge is 0.463 e. The summed E-state index contributed by atoms with van der Waals surface area (Å²) in [5.74, 6) is 1.11. The molecule has 6 rings (SSSR count). The van der Waals surface area contributed by atoms with Gasteiger partial charge in [0.25, 0.3) is 0 Å². The van der Waals surface area contributed by atoms with E-state index in [0.717, 1.165) is 10.8 Å². The van der Waals surface area contributed by atoms with Crippen LogP contribution >= 0.6 is 0 Å². The lowest BCUT2D eigenvalue weighted by molar-refractivity contribution is 0.00917. The average molecular weight is 458 g/mol. The molecular formula is C25H22N4O5. The van der Waals surface area contributed by atoms with Crippen molar-refractivity contribution in [2.45, 2.75) is 24.4 Å². The summed E-state index contributed by atoms with van der Waals surface area (Å²) in [7, 11) is 0. The number of hydrogen-bond acceptors (Lipinski definition) is 8. The summed E-state index contributed by atoms with van der Waals surface area (Å²) in [5.41, 5.74) is 1.37. The molecule has 0 spiro atoms. The number of benzene rings is 2. The monoisotopic (exact) mass is 458 g/mol. The Kier molecular flexibility index (Phi) is 5.32. The zero-order valence-corrected chi connectivity index (χ0v) is 18.1. The van der Waals surface area contributed by atoms with Gasteiger partial charge in [0, 0.05) is 11.6 Å². The van der Waals surface area contributed by atoms with E-state index < -0.39 is 12.2 Å². The topological polar surface area (TPSA) is 108 Å². The lowest BCUT2D eigenvalue weighted by atomic mass is 10.1. The van der Waals surface area contributed by atoms with Crippen LogP contribution in [-0.4, -0.2) is 53.6 Å². The number of nitrogens with zero attached hydrogens (tertiary/aromatic N) is 2. The predicted molar refractivity (Wildman–Crippen MR) is 124 cm³/mol. The first kappa shape index (κ1) is 20.6. The maximum atomic E-state index is 12.6. The second kappa shape index (κ2) is 8.77. The van der Waals surface area contributed by atoms with Gasteiger partial charge in [0.1, 0.15) is 17.9 Å². The highest BCUT2D eigenvalue weighted by Gasteiger charge is 2.49. The molecule has 9 heteroatoms. The molecule has 9 nitrogen and oxygen atoms in total. The summed E-state index contributed by atoms with van der Waals surface area (Å²) in [6.45, 7) is 0.637. The lowest BCUT2D eigenvalue weighted by Crippen LogP contribution is -2.38. The normalized spacial score (nSPS) is 23.5. The predicted octanol–water partition coefficient (Wildman–Crippen LogP) is 4.09. The van der Waals surface area contributed by atoms with Crippen molar-refractivity contribution in [2.75, 3.05) is 23.8 Å². The van der Waals surface area contributed by atoms with Crippen molar-refractivity contribution in [3.05, 3.63) is 73.1 Å². The number of nitrogens with one attached hydrogen (secondary N) is 2. The van der Waals surface area contributed by atoms with Crippen LogP contribution in [0.15, 0.2) is 77.5 Å². The molecule has 1 amide bonds. The fraction of sp³-hybridized carbons (Fsp3) is 0.240. The number of carbonyl (C=O) groups excluding carboxylic acids is 1. The minimum absolute atomic E-state index is 0.174. The van der Waals surface area contributed by atoms with E-state index in [9.17, 15) is 4.79 Å². The second-order valence-electron chi connectivity index (χ2n) is 8.18. The molecule has 2 aromatic carbocycles. The molecule has 2 aliphatic heterocycles. The van der Waals surface area contributed by atoms with Crippen molar-refractivity contribution in [3.63, 3.8) is 0 Å². The van der Waals surface area contributed by atoms with Gasteiger partial charge in [-0.1, -0.05) is 36.4 Å². The van der Waals surface area contributed by atoms with Gasteiger partial charge in [-0.05, 0) is 29.7 Å². The standard InChI is InChI=1S/C25H22N4O5/c30-25(29-17-8-3-6-15-5-1-2-7-16(15)17)34-21-14-33-22-19(13-32-23(21)22)28-24-26-11-10-18(27-24)20-9-4-12-31-20/h1-12,19,21-23H,13-14H2,(H,29,30)(H,26,27,28)/t19-,21+,22+,23+/m0/s1. The van der Waals surface area contributed by atoms with E-state index in [0.29, 0.717) is 29.7 Å². The first-order chi connectivity index (χ1) is 16.7. The van der Waals surface area contributed by atoms with Crippen LogP contribution in [0.4, 0.5) is 16.4 Å². The molecule has 4 atom stereocenters. The molecule has 2 fully saturated rings. The van der Waals surface area contributed by atoms with Crippen molar-refractivity contribution in [2.24, 2.45) is 0 Å². The van der Waals surface area contributed by atoms with Gasteiger partial charge in [0.2, 0.25) is 5.95 Å². The number of fused-ring (bicyclic) bond motifs is 2. The first-order valence-electron chi connectivity index (χ1n) is 11.1. The molecule has 0 saturated carbocycles. The van der Waals surface area contributed by atoms with Gasteiger partial charge in [-0.2, -0.15) is 0 Å². The summed E-state index contributed by atoms with van der Waals surface area (Å²) in [4.78, 5) is 21.4. The van der Waals surface area contributed by atoms with Crippen molar-refractivity contribution >= 4 is 28.5 Å². The maximum absolute atomic E-state index is 12.6. The number of anilines is 2. The van der Waals surface area contributed by atoms with E-state index in [4.69, 9.17) is 18.6 Å². The highest BCUT2D eigenvalue weighted by Crippen LogP contribution is 2.31. The molecule has 0 unspecified atom stereocenters.